The van der Waals surface area contributed by atoms with Gasteiger partial charge in [0.1, 0.15) is 17.8 Å². The molecule has 2 aliphatic rings. The minimum Gasteiger partial charge on any atom is -0.503 e. The van der Waals surface area contributed by atoms with Crippen LogP contribution in [0, 0.1) is 6.92 Å². The molecule has 2 aliphatic heterocycles. The molecule has 0 spiro atoms. The maximum Gasteiger partial charge on any atom is 0.223 e. The van der Waals surface area contributed by atoms with Crippen molar-refractivity contribution in [3.63, 3.8) is 0 Å². The van der Waals surface area contributed by atoms with E-state index in [1.54, 1.807) is 20.2 Å². The summed E-state index contributed by atoms with van der Waals surface area (Å²) < 4.78 is 25.6. The number of nitrogens with zero attached hydrogens (tertiary/aromatic N) is 1. The third-order valence-electron chi connectivity index (χ3n) is 5.45. The molecule has 0 aliphatic carbocycles. The molecular weight excluding hydrogens is 326 g/mol. The second-order valence-electron chi connectivity index (χ2n) is 7.75. The molecule has 0 saturated carbocycles. The summed E-state index contributed by atoms with van der Waals surface area (Å²) in [6, 6.07) is 1.35. The summed E-state index contributed by atoms with van der Waals surface area (Å²) in [5.74, 6) is -0.899. The van der Waals surface area contributed by atoms with Crippen molar-refractivity contribution in [2.75, 3.05) is 13.7 Å². The Morgan fingerprint density at radius 3 is 2.52 bits per heavy atom. The van der Waals surface area contributed by atoms with Gasteiger partial charge < -0.3 is 28.6 Å². The van der Waals surface area contributed by atoms with Crippen LogP contribution in [0.3, 0.4) is 0 Å². The van der Waals surface area contributed by atoms with E-state index >= 15 is 0 Å². The maximum absolute atomic E-state index is 11.6. The van der Waals surface area contributed by atoms with Gasteiger partial charge in [0.15, 0.2) is 11.5 Å². The molecule has 0 aromatic carbocycles. The Balaban J connectivity index is 1.94. The molecule has 1 aromatic heterocycles. The summed E-state index contributed by atoms with van der Waals surface area (Å²) in [7, 11) is 1.65. The smallest absolute Gasteiger partial charge is 0.223 e. The van der Waals surface area contributed by atoms with Gasteiger partial charge in [-0.2, -0.15) is 0 Å². The number of ether oxygens (including phenoxy) is 4. The number of methoxy groups -OCH3 is 1. The Hall–Kier alpha value is -1.41. The normalized spacial score (nSPS) is 33.2. The fourth-order valence-corrected chi connectivity index (χ4v) is 3.83. The van der Waals surface area contributed by atoms with E-state index in [-0.39, 0.29) is 18.0 Å². The number of aromatic hydroxyl groups is 1. The molecule has 7 heteroatoms. The minimum atomic E-state index is -0.687. The van der Waals surface area contributed by atoms with E-state index in [1.165, 1.54) is 6.07 Å². The SMILES string of the molecule is COC1(Cn2ccc(=O)c(O)c2C)C(C2COC(C)(C)O2)OC1(C)C. The third kappa shape index (κ3) is 2.79. The monoisotopic (exact) mass is 353 g/mol. The lowest BCUT2D eigenvalue weighted by atomic mass is 9.72. The van der Waals surface area contributed by atoms with Crippen molar-refractivity contribution in [3.05, 3.63) is 28.2 Å². The van der Waals surface area contributed by atoms with Crippen LogP contribution in [0.15, 0.2) is 17.1 Å². The average Bonchev–Trinajstić information content (AvgIpc) is 2.89. The summed E-state index contributed by atoms with van der Waals surface area (Å²) in [5, 5.41) is 9.97. The molecule has 3 heterocycles. The fraction of sp³-hybridized carbons (Fsp3) is 0.722. The van der Waals surface area contributed by atoms with Gasteiger partial charge in [-0.1, -0.05) is 0 Å². The Labute approximate surface area is 147 Å². The second kappa shape index (κ2) is 5.81. The molecule has 140 valence electrons. The number of hydrogen-bond donors (Lipinski definition) is 1. The first-order chi connectivity index (χ1) is 11.5. The molecule has 0 radical (unpaired) electrons. The number of rotatable bonds is 4. The summed E-state index contributed by atoms with van der Waals surface area (Å²) >= 11 is 0. The highest BCUT2D eigenvalue weighted by atomic mass is 16.8. The second-order valence-corrected chi connectivity index (χ2v) is 7.75. The highest BCUT2D eigenvalue weighted by molar-refractivity contribution is 5.26. The molecule has 1 aromatic rings. The summed E-state index contributed by atoms with van der Waals surface area (Å²) in [6.07, 6.45) is 1.09. The lowest BCUT2D eigenvalue weighted by molar-refractivity contribution is -0.371. The highest BCUT2D eigenvalue weighted by Crippen LogP contribution is 2.50. The molecule has 3 atom stereocenters. The van der Waals surface area contributed by atoms with Crippen LogP contribution in [-0.2, 0) is 25.5 Å². The van der Waals surface area contributed by atoms with Crippen molar-refractivity contribution in [1.29, 1.82) is 0 Å². The molecule has 2 saturated heterocycles. The van der Waals surface area contributed by atoms with Crippen molar-refractivity contribution in [2.45, 2.75) is 70.4 Å². The van der Waals surface area contributed by atoms with Gasteiger partial charge in [-0.15, -0.1) is 0 Å². The molecule has 2 fully saturated rings. The first-order valence-electron chi connectivity index (χ1n) is 8.47. The lowest BCUT2D eigenvalue weighted by Crippen LogP contribution is -2.77. The highest BCUT2D eigenvalue weighted by Gasteiger charge is 2.67. The zero-order valence-corrected chi connectivity index (χ0v) is 15.7. The van der Waals surface area contributed by atoms with E-state index in [0.29, 0.717) is 18.8 Å². The van der Waals surface area contributed by atoms with Gasteiger partial charge in [0, 0.05) is 19.4 Å². The van der Waals surface area contributed by atoms with Gasteiger partial charge >= 0.3 is 0 Å². The molecule has 25 heavy (non-hydrogen) atoms. The van der Waals surface area contributed by atoms with Crippen molar-refractivity contribution < 1.29 is 24.1 Å². The summed E-state index contributed by atoms with van der Waals surface area (Å²) in [4.78, 5) is 11.6. The van der Waals surface area contributed by atoms with E-state index in [2.05, 4.69) is 0 Å². The summed E-state index contributed by atoms with van der Waals surface area (Å²) in [5.41, 5.74) is -1.15. The number of aromatic nitrogens is 1. The van der Waals surface area contributed by atoms with Gasteiger partial charge in [-0.25, -0.2) is 0 Å². The van der Waals surface area contributed by atoms with Gasteiger partial charge in [-0.3, -0.25) is 4.79 Å². The topological polar surface area (TPSA) is 79.2 Å². The first-order valence-corrected chi connectivity index (χ1v) is 8.47. The van der Waals surface area contributed by atoms with Crippen LogP contribution >= 0.6 is 0 Å². The number of pyridine rings is 1. The molecule has 7 nitrogen and oxygen atoms in total. The largest absolute Gasteiger partial charge is 0.503 e. The number of hydrogen-bond acceptors (Lipinski definition) is 6. The molecule has 1 N–H and O–H groups in total. The molecule has 3 unspecified atom stereocenters. The standard InChI is InChI=1S/C18H27NO6/c1-11-14(21)12(20)7-8-19(11)10-18(22-6)15(25-16(18,2)3)13-9-23-17(4,5)24-13/h7-8,13,15,21H,9-10H2,1-6H3. The Morgan fingerprint density at radius 1 is 1.32 bits per heavy atom. The first kappa shape index (κ1) is 18.4. The predicted molar refractivity (Wildman–Crippen MR) is 90.7 cm³/mol. The van der Waals surface area contributed by atoms with Crippen molar-refractivity contribution in [3.8, 4) is 5.75 Å². The maximum atomic E-state index is 11.6. The fourth-order valence-electron chi connectivity index (χ4n) is 3.83. The minimum absolute atomic E-state index is 0.245. The Kier molecular flexibility index (Phi) is 4.27. The van der Waals surface area contributed by atoms with Crippen LogP contribution in [0.1, 0.15) is 33.4 Å². The van der Waals surface area contributed by atoms with E-state index in [1.807, 2.05) is 32.3 Å². The molecule has 3 rings (SSSR count). The van der Waals surface area contributed by atoms with Gasteiger partial charge in [0.05, 0.1) is 24.4 Å². The Morgan fingerprint density at radius 2 is 2.00 bits per heavy atom. The van der Waals surface area contributed by atoms with Gasteiger partial charge in [-0.05, 0) is 34.6 Å². The average molecular weight is 353 g/mol. The van der Waals surface area contributed by atoms with Crippen LogP contribution in [0.5, 0.6) is 5.75 Å². The predicted octanol–water partition coefficient (Wildman–Crippen LogP) is 1.58. The van der Waals surface area contributed by atoms with Gasteiger partial charge in [0.2, 0.25) is 5.43 Å². The third-order valence-corrected chi connectivity index (χ3v) is 5.45. The van der Waals surface area contributed by atoms with Crippen LogP contribution in [0.4, 0.5) is 0 Å². The summed E-state index contributed by atoms with van der Waals surface area (Å²) in [6.45, 7) is 10.2. The van der Waals surface area contributed by atoms with E-state index in [4.69, 9.17) is 18.9 Å². The quantitative estimate of drug-likeness (QED) is 0.885. The molecule has 0 amide bonds. The van der Waals surface area contributed by atoms with E-state index in [9.17, 15) is 9.90 Å². The lowest BCUT2D eigenvalue weighted by Gasteiger charge is -2.61. The van der Waals surface area contributed by atoms with Crippen LogP contribution < -0.4 is 5.43 Å². The molecule has 0 bridgehead atoms. The van der Waals surface area contributed by atoms with Crippen molar-refractivity contribution in [2.24, 2.45) is 0 Å². The zero-order chi connectivity index (χ0) is 18.6. The Bertz CT molecular complexity index is 725. The van der Waals surface area contributed by atoms with Crippen molar-refractivity contribution >= 4 is 0 Å². The van der Waals surface area contributed by atoms with Crippen molar-refractivity contribution in [1.82, 2.24) is 4.57 Å². The molecular formula is C18H27NO6. The zero-order valence-electron chi connectivity index (χ0n) is 15.7. The van der Waals surface area contributed by atoms with E-state index in [0.717, 1.165) is 0 Å². The van der Waals surface area contributed by atoms with Crippen LogP contribution in [0.25, 0.3) is 0 Å². The van der Waals surface area contributed by atoms with Gasteiger partial charge in [0.25, 0.3) is 0 Å². The van der Waals surface area contributed by atoms with Crippen LogP contribution in [0.2, 0.25) is 0 Å². The van der Waals surface area contributed by atoms with E-state index < -0.39 is 22.4 Å². The van der Waals surface area contributed by atoms with Crippen LogP contribution in [-0.4, -0.2) is 52.6 Å².